The van der Waals surface area contributed by atoms with E-state index in [4.69, 9.17) is 4.74 Å². The first-order valence-electron chi connectivity index (χ1n) is 3.79. The second-order valence-electron chi connectivity index (χ2n) is 2.39. The summed E-state index contributed by atoms with van der Waals surface area (Å²) in [6, 6.07) is 0. The molecule has 10 heavy (non-hydrogen) atoms. The Morgan fingerprint density at radius 3 is 2.70 bits per heavy atom. The number of hydrogen-bond donors (Lipinski definition) is 0. The maximum absolute atomic E-state index is 5.09. The molecule has 0 aliphatic carbocycles. The highest BCUT2D eigenvalue weighted by Gasteiger charge is 2.21. The Labute approximate surface area is 70.7 Å². The molecule has 3 heteroatoms. The number of rotatable bonds is 6. The normalized spacial score (nSPS) is 23.1. The maximum atomic E-state index is 5.09. The van der Waals surface area contributed by atoms with Crippen LogP contribution in [-0.2, 0) is 4.74 Å². The van der Waals surface area contributed by atoms with Gasteiger partial charge in [0.15, 0.2) is 0 Å². The molecule has 0 radical (unpaired) electrons. The summed E-state index contributed by atoms with van der Waals surface area (Å²) >= 11 is 0. The lowest BCUT2D eigenvalue weighted by atomic mass is 10.4. The van der Waals surface area contributed by atoms with Gasteiger partial charge in [0.1, 0.15) is 0 Å². The van der Waals surface area contributed by atoms with Crippen LogP contribution in [-0.4, -0.2) is 24.2 Å². The van der Waals surface area contributed by atoms with Crippen molar-refractivity contribution in [2.24, 2.45) is 0 Å². The van der Waals surface area contributed by atoms with Gasteiger partial charge in [0.2, 0.25) is 0 Å². The number of epoxide rings is 1. The topological polar surface area (TPSA) is 12.5 Å². The standard InChI is InChI=1S/C7H14OS2/c1-2-4-9-10-5-3-7-6-8-7/h7H,2-6H2,1H3. The maximum Gasteiger partial charge on any atom is 0.0818 e. The van der Waals surface area contributed by atoms with E-state index in [0.717, 1.165) is 6.61 Å². The van der Waals surface area contributed by atoms with Gasteiger partial charge in [0, 0.05) is 11.5 Å². The monoisotopic (exact) mass is 178 g/mol. The zero-order chi connectivity index (χ0) is 7.23. The minimum Gasteiger partial charge on any atom is -0.373 e. The van der Waals surface area contributed by atoms with Crippen LogP contribution in [0.3, 0.4) is 0 Å². The van der Waals surface area contributed by atoms with Crippen molar-refractivity contribution in [1.82, 2.24) is 0 Å². The fourth-order valence-electron chi connectivity index (χ4n) is 0.615. The van der Waals surface area contributed by atoms with Crippen LogP contribution in [0.2, 0.25) is 0 Å². The molecule has 0 aromatic rings. The average Bonchev–Trinajstić information content (AvgIpc) is 2.71. The molecule has 1 saturated heterocycles. The molecule has 1 unspecified atom stereocenters. The summed E-state index contributed by atoms with van der Waals surface area (Å²) in [5.74, 6) is 2.55. The molecular weight excluding hydrogens is 164 g/mol. The van der Waals surface area contributed by atoms with E-state index in [9.17, 15) is 0 Å². The molecule has 1 aliphatic heterocycles. The van der Waals surface area contributed by atoms with E-state index < -0.39 is 0 Å². The average molecular weight is 178 g/mol. The van der Waals surface area contributed by atoms with Crippen molar-refractivity contribution in [3.05, 3.63) is 0 Å². The zero-order valence-electron chi connectivity index (χ0n) is 6.34. The van der Waals surface area contributed by atoms with Gasteiger partial charge in [-0.15, -0.1) is 0 Å². The summed E-state index contributed by atoms with van der Waals surface area (Å²) in [7, 11) is 3.97. The molecule has 0 amide bonds. The molecule has 1 heterocycles. The Morgan fingerprint density at radius 2 is 2.10 bits per heavy atom. The first kappa shape index (κ1) is 8.75. The Bertz CT molecular complexity index is 83.7. The quantitative estimate of drug-likeness (QED) is 0.352. The summed E-state index contributed by atoms with van der Waals surface area (Å²) < 4.78 is 5.09. The minimum atomic E-state index is 0.620. The minimum absolute atomic E-state index is 0.620. The summed E-state index contributed by atoms with van der Waals surface area (Å²) in [5.41, 5.74) is 0. The van der Waals surface area contributed by atoms with E-state index in [1.54, 1.807) is 0 Å². The molecule has 0 bridgehead atoms. The van der Waals surface area contributed by atoms with Crippen LogP contribution in [0.4, 0.5) is 0 Å². The molecule has 0 aromatic carbocycles. The Hall–Kier alpha value is 0.660. The second kappa shape index (κ2) is 5.33. The SMILES string of the molecule is CCCSSCCC1CO1. The van der Waals surface area contributed by atoms with E-state index in [2.05, 4.69) is 6.92 Å². The van der Waals surface area contributed by atoms with Gasteiger partial charge >= 0.3 is 0 Å². The van der Waals surface area contributed by atoms with Crippen molar-refractivity contribution in [2.45, 2.75) is 25.9 Å². The molecular formula is C7H14OS2. The number of ether oxygens (including phenoxy) is 1. The van der Waals surface area contributed by atoms with Crippen molar-refractivity contribution in [2.75, 3.05) is 18.1 Å². The van der Waals surface area contributed by atoms with Gasteiger partial charge in [-0.1, -0.05) is 28.5 Å². The van der Waals surface area contributed by atoms with Crippen molar-refractivity contribution >= 4 is 21.6 Å². The van der Waals surface area contributed by atoms with Crippen LogP contribution >= 0.6 is 21.6 Å². The van der Waals surface area contributed by atoms with Crippen molar-refractivity contribution in [3.8, 4) is 0 Å². The summed E-state index contributed by atoms with van der Waals surface area (Å²) in [6.45, 7) is 3.23. The molecule has 1 aliphatic rings. The van der Waals surface area contributed by atoms with Gasteiger partial charge in [-0.25, -0.2) is 0 Å². The summed E-state index contributed by atoms with van der Waals surface area (Å²) in [5, 5.41) is 0. The predicted molar refractivity (Wildman–Crippen MR) is 49.6 cm³/mol. The second-order valence-corrected chi connectivity index (χ2v) is 5.09. The van der Waals surface area contributed by atoms with E-state index in [1.807, 2.05) is 21.6 Å². The van der Waals surface area contributed by atoms with Crippen LogP contribution in [0.5, 0.6) is 0 Å². The zero-order valence-corrected chi connectivity index (χ0v) is 7.97. The molecule has 0 aromatic heterocycles. The van der Waals surface area contributed by atoms with Crippen molar-refractivity contribution in [3.63, 3.8) is 0 Å². The third-order valence-corrected chi connectivity index (χ3v) is 3.94. The molecule has 1 fully saturated rings. The van der Waals surface area contributed by atoms with E-state index in [-0.39, 0.29) is 0 Å². The highest BCUT2D eigenvalue weighted by Crippen LogP contribution is 2.25. The van der Waals surface area contributed by atoms with E-state index in [1.165, 1.54) is 24.3 Å². The molecule has 1 atom stereocenters. The summed E-state index contributed by atoms with van der Waals surface area (Å²) in [4.78, 5) is 0. The van der Waals surface area contributed by atoms with Crippen LogP contribution in [0, 0.1) is 0 Å². The van der Waals surface area contributed by atoms with Gasteiger partial charge in [-0.05, 0) is 12.8 Å². The fraction of sp³-hybridized carbons (Fsp3) is 1.00. The molecule has 1 nitrogen and oxygen atoms in total. The molecule has 1 rings (SSSR count). The molecule has 0 spiro atoms. The smallest absolute Gasteiger partial charge is 0.0818 e. The lowest BCUT2D eigenvalue weighted by Crippen LogP contribution is -1.85. The largest absolute Gasteiger partial charge is 0.373 e. The van der Waals surface area contributed by atoms with Crippen LogP contribution in [0.1, 0.15) is 19.8 Å². The van der Waals surface area contributed by atoms with Gasteiger partial charge in [-0.2, -0.15) is 0 Å². The van der Waals surface area contributed by atoms with Crippen molar-refractivity contribution in [1.29, 1.82) is 0 Å². The third-order valence-electron chi connectivity index (χ3n) is 1.30. The first-order valence-corrected chi connectivity index (χ1v) is 6.28. The Kier molecular flexibility index (Phi) is 4.66. The summed E-state index contributed by atoms with van der Waals surface area (Å²) in [6.07, 6.45) is 3.16. The van der Waals surface area contributed by atoms with E-state index >= 15 is 0 Å². The van der Waals surface area contributed by atoms with Gasteiger partial charge in [0.05, 0.1) is 12.7 Å². The van der Waals surface area contributed by atoms with Gasteiger partial charge in [0.25, 0.3) is 0 Å². The fourth-order valence-corrected chi connectivity index (χ4v) is 2.87. The Morgan fingerprint density at radius 1 is 1.40 bits per heavy atom. The van der Waals surface area contributed by atoms with Crippen LogP contribution < -0.4 is 0 Å². The highest BCUT2D eigenvalue weighted by molar-refractivity contribution is 8.76. The lowest BCUT2D eigenvalue weighted by molar-refractivity contribution is 0.405. The first-order chi connectivity index (χ1) is 4.93. The third kappa shape index (κ3) is 4.47. The van der Waals surface area contributed by atoms with Crippen LogP contribution in [0.25, 0.3) is 0 Å². The van der Waals surface area contributed by atoms with Gasteiger partial charge < -0.3 is 4.74 Å². The number of hydrogen-bond acceptors (Lipinski definition) is 3. The molecule has 0 saturated carbocycles. The highest BCUT2D eigenvalue weighted by atomic mass is 33.1. The molecule has 60 valence electrons. The van der Waals surface area contributed by atoms with Gasteiger partial charge in [-0.3, -0.25) is 0 Å². The lowest BCUT2D eigenvalue weighted by Gasteiger charge is -1.95. The van der Waals surface area contributed by atoms with E-state index in [0.29, 0.717) is 6.10 Å². The Balaban J connectivity index is 1.68. The van der Waals surface area contributed by atoms with Crippen LogP contribution in [0.15, 0.2) is 0 Å². The molecule has 0 N–H and O–H groups in total. The predicted octanol–water partition coefficient (Wildman–Crippen LogP) is 2.57. The van der Waals surface area contributed by atoms with Crippen molar-refractivity contribution < 1.29 is 4.74 Å².